The molecule has 1 N–H and O–H groups in total. The van der Waals surface area contributed by atoms with Crippen LogP contribution >= 0.6 is 11.6 Å². The van der Waals surface area contributed by atoms with Crippen molar-refractivity contribution in [3.63, 3.8) is 0 Å². The van der Waals surface area contributed by atoms with Crippen LogP contribution in [0.3, 0.4) is 0 Å². The summed E-state index contributed by atoms with van der Waals surface area (Å²) in [5.74, 6) is 0.664. The van der Waals surface area contributed by atoms with Gasteiger partial charge in [0.2, 0.25) is 5.95 Å². The van der Waals surface area contributed by atoms with Crippen LogP contribution in [0.15, 0.2) is 35.4 Å². The SMILES string of the molecule is O=S(=O)(Nc1nccc(Cl)n1)c1ccc2c(c1)CCO2. The molecule has 104 valence electrons. The number of anilines is 1. The molecule has 1 aromatic heterocycles. The van der Waals surface area contributed by atoms with Crippen LogP contribution in [0.25, 0.3) is 0 Å². The molecule has 20 heavy (non-hydrogen) atoms. The summed E-state index contributed by atoms with van der Waals surface area (Å²) in [7, 11) is -3.74. The van der Waals surface area contributed by atoms with Gasteiger partial charge >= 0.3 is 0 Å². The van der Waals surface area contributed by atoms with Crippen LogP contribution in [-0.4, -0.2) is 25.0 Å². The second-order valence-electron chi connectivity index (χ2n) is 4.18. The van der Waals surface area contributed by atoms with E-state index in [2.05, 4.69) is 14.7 Å². The van der Waals surface area contributed by atoms with Crippen LogP contribution in [-0.2, 0) is 16.4 Å². The maximum absolute atomic E-state index is 12.2. The van der Waals surface area contributed by atoms with Gasteiger partial charge in [-0.15, -0.1) is 0 Å². The summed E-state index contributed by atoms with van der Waals surface area (Å²) in [5.41, 5.74) is 0.875. The zero-order chi connectivity index (χ0) is 14.2. The lowest BCUT2D eigenvalue weighted by molar-refractivity contribution is 0.356. The summed E-state index contributed by atoms with van der Waals surface area (Å²) in [6.07, 6.45) is 2.08. The van der Waals surface area contributed by atoms with Gasteiger partial charge in [0.1, 0.15) is 10.9 Å². The molecule has 0 spiro atoms. The quantitative estimate of drug-likeness (QED) is 0.875. The highest BCUT2D eigenvalue weighted by Gasteiger charge is 2.20. The van der Waals surface area contributed by atoms with Crippen molar-refractivity contribution in [3.05, 3.63) is 41.2 Å². The molecule has 0 aliphatic carbocycles. The molecule has 8 heteroatoms. The first-order chi connectivity index (χ1) is 9.54. The molecule has 0 fully saturated rings. The van der Waals surface area contributed by atoms with E-state index in [1.807, 2.05) is 0 Å². The third kappa shape index (κ3) is 2.54. The Hall–Kier alpha value is -1.86. The Balaban J connectivity index is 1.92. The smallest absolute Gasteiger partial charge is 0.264 e. The van der Waals surface area contributed by atoms with Crippen molar-refractivity contribution in [2.45, 2.75) is 11.3 Å². The molecule has 0 amide bonds. The Kier molecular flexibility index (Phi) is 3.23. The minimum Gasteiger partial charge on any atom is -0.493 e. The van der Waals surface area contributed by atoms with Gasteiger partial charge in [0, 0.05) is 12.6 Å². The van der Waals surface area contributed by atoms with E-state index in [9.17, 15) is 8.42 Å². The summed E-state index contributed by atoms with van der Waals surface area (Å²) >= 11 is 5.69. The highest BCUT2D eigenvalue weighted by Crippen LogP contribution is 2.28. The molecule has 0 atom stereocenters. The molecule has 0 radical (unpaired) electrons. The number of fused-ring (bicyclic) bond motifs is 1. The largest absolute Gasteiger partial charge is 0.493 e. The normalized spacial score (nSPS) is 13.7. The summed E-state index contributed by atoms with van der Waals surface area (Å²) in [4.78, 5) is 7.75. The van der Waals surface area contributed by atoms with Crippen molar-refractivity contribution < 1.29 is 13.2 Å². The van der Waals surface area contributed by atoms with Crippen LogP contribution in [0.5, 0.6) is 5.75 Å². The van der Waals surface area contributed by atoms with Gasteiger partial charge < -0.3 is 4.74 Å². The van der Waals surface area contributed by atoms with Gasteiger partial charge in [-0.3, -0.25) is 0 Å². The standard InChI is InChI=1S/C12H10ClN3O3S/c13-11-3-5-14-12(15-11)16-20(17,18)9-1-2-10-8(7-9)4-6-19-10/h1-3,5,7H,4,6H2,(H,14,15,16). The lowest BCUT2D eigenvalue weighted by atomic mass is 10.2. The number of rotatable bonds is 3. The van der Waals surface area contributed by atoms with Crippen LogP contribution in [0.2, 0.25) is 5.15 Å². The lowest BCUT2D eigenvalue weighted by Crippen LogP contribution is -2.15. The van der Waals surface area contributed by atoms with Gasteiger partial charge in [0.15, 0.2) is 0 Å². The first kappa shape index (κ1) is 13.1. The molecule has 2 heterocycles. The van der Waals surface area contributed by atoms with Crippen LogP contribution in [0, 0.1) is 0 Å². The third-order valence-electron chi connectivity index (χ3n) is 2.82. The topological polar surface area (TPSA) is 81.2 Å². The van der Waals surface area contributed by atoms with Gasteiger partial charge in [-0.25, -0.2) is 23.1 Å². The second kappa shape index (κ2) is 4.92. The minimum absolute atomic E-state index is 0.0609. The van der Waals surface area contributed by atoms with Crippen molar-refractivity contribution in [2.24, 2.45) is 0 Å². The Morgan fingerprint density at radius 2 is 2.15 bits per heavy atom. The van der Waals surface area contributed by atoms with Crippen molar-refractivity contribution in [1.29, 1.82) is 0 Å². The summed E-state index contributed by atoms with van der Waals surface area (Å²) in [6, 6.07) is 6.19. The van der Waals surface area contributed by atoms with E-state index in [0.717, 1.165) is 11.3 Å². The van der Waals surface area contributed by atoms with Crippen molar-refractivity contribution in [2.75, 3.05) is 11.3 Å². The summed E-state index contributed by atoms with van der Waals surface area (Å²) < 4.78 is 32.1. The fraction of sp³-hybridized carbons (Fsp3) is 0.167. The monoisotopic (exact) mass is 311 g/mol. The molecule has 0 saturated heterocycles. The maximum atomic E-state index is 12.2. The average Bonchev–Trinajstić information content (AvgIpc) is 2.85. The van der Waals surface area contributed by atoms with E-state index in [1.165, 1.54) is 18.3 Å². The van der Waals surface area contributed by atoms with E-state index in [4.69, 9.17) is 16.3 Å². The number of nitrogens with one attached hydrogen (secondary N) is 1. The molecular weight excluding hydrogens is 302 g/mol. The van der Waals surface area contributed by atoms with Gasteiger partial charge in [0.05, 0.1) is 11.5 Å². The number of hydrogen-bond acceptors (Lipinski definition) is 5. The highest BCUT2D eigenvalue weighted by molar-refractivity contribution is 7.92. The first-order valence-corrected chi connectivity index (χ1v) is 7.68. The number of benzene rings is 1. The van der Waals surface area contributed by atoms with Gasteiger partial charge in [-0.05, 0) is 29.8 Å². The Bertz CT molecular complexity index is 764. The molecule has 1 aliphatic heterocycles. The fourth-order valence-electron chi connectivity index (χ4n) is 1.90. The maximum Gasteiger partial charge on any atom is 0.264 e. The third-order valence-corrected chi connectivity index (χ3v) is 4.35. The number of ether oxygens (including phenoxy) is 1. The van der Waals surface area contributed by atoms with Crippen molar-refractivity contribution in [3.8, 4) is 5.75 Å². The zero-order valence-electron chi connectivity index (χ0n) is 10.2. The van der Waals surface area contributed by atoms with E-state index in [0.29, 0.717) is 13.0 Å². The van der Waals surface area contributed by atoms with Crippen LogP contribution < -0.4 is 9.46 Å². The molecular formula is C12H10ClN3O3S. The predicted octanol–water partition coefficient (Wildman–Crippen LogP) is 1.87. The second-order valence-corrected chi connectivity index (χ2v) is 6.25. The number of hydrogen-bond donors (Lipinski definition) is 1. The van der Waals surface area contributed by atoms with Crippen LogP contribution in [0.1, 0.15) is 5.56 Å². The predicted molar refractivity (Wildman–Crippen MR) is 73.5 cm³/mol. The Labute approximate surface area is 120 Å². The molecule has 1 aromatic carbocycles. The molecule has 0 unspecified atom stereocenters. The molecule has 0 bridgehead atoms. The van der Waals surface area contributed by atoms with Gasteiger partial charge in [-0.2, -0.15) is 0 Å². The Morgan fingerprint density at radius 1 is 1.30 bits per heavy atom. The number of nitrogens with zero attached hydrogens (tertiary/aromatic N) is 2. The average molecular weight is 312 g/mol. The molecule has 2 aromatic rings. The van der Waals surface area contributed by atoms with E-state index >= 15 is 0 Å². The summed E-state index contributed by atoms with van der Waals surface area (Å²) in [6.45, 7) is 0.573. The molecule has 1 aliphatic rings. The minimum atomic E-state index is -3.74. The van der Waals surface area contributed by atoms with E-state index in [1.54, 1.807) is 12.1 Å². The van der Waals surface area contributed by atoms with E-state index in [-0.39, 0.29) is 16.0 Å². The van der Waals surface area contributed by atoms with E-state index < -0.39 is 10.0 Å². The number of halogens is 1. The molecule has 6 nitrogen and oxygen atoms in total. The lowest BCUT2D eigenvalue weighted by Gasteiger charge is -2.07. The van der Waals surface area contributed by atoms with Crippen molar-refractivity contribution in [1.82, 2.24) is 9.97 Å². The van der Waals surface area contributed by atoms with Crippen LogP contribution in [0.4, 0.5) is 5.95 Å². The van der Waals surface area contributed by atoms with Gasteiger partial charge in [-0.1, -0.05) is 11.6 Å². The molecule has 0 saturated carbocycles. The number of aromatic nitrogens is 2. The first-order valence-electron chi connectivity index (χ1n) is 5.82. The fourth-order valence-corrected chi connectivity index (χ4v) is 3.03. The highest BCUT2D eigenvalue weighted by atomic mass is 35.5. The Morgan fingerprint density at radius 3 is 2.95 bits per heavy atom. The zero-order valence-corrected chi connectivity index (χ0v) is 11.8. The molecule has 3 rings (SSSR count). The number of sulfonamides is 1. The summed E-state index contributed by atoms with van der Waals surface area (Å²) in [5, 5.41) is 0.167. The van der Waals surface area contributed by atoms with Crippen molar-refractivity contribution >= 4 is 27.6 Å². The van der Waals surface area contributed by atoms with Gasteiger partial charge in [0.25, 0.3) is 10.0 Å².